The number of aliphatic carboxylic acids is 1. The van der Waals surface area contributed by atoms with Gasteiger partial charge >= 0.3 is 5.97 Å². The molecule has 0 radical (unpaired) electrons. The minimum Gasteiger partial charge on any atom is -0.481 e. The number of nitrogens with zero attached hydrogens (tertiary/aromatic N) is 2. The van der Waals surface area contributed by atoms with E-state index in [1.807, 2.05) is 31.3 Å². The van der Waals surface area contributed by atoms with Gasteiger partial charge in [-0.3, -0.25) is 14.6 Å². The summed E-state index contributed by atoms with van der Waals surface area (Å²) >= 11 is 0. The summed E-state index contributed by atoms with van der Waals surface area (Å²) in [6.07, 6.45) is 10.8. The molecule has 0 amide bonds. The van der Waals surface area contributed by atoms with E-state index < -0.39 is 5.97 Å². The van der Waals surface area contributed by atoms with Gasteiger partial charge in [0.25, 0.3) is 5.56 Å². The van der Waals surface area contributed by atoms with Crippen molar-refractivity contribution in [1.29, 1.82) is 0 Å². The van der Waals surface area contributed by atoms with Crippen molar-refractivity contribution in [2.45, 2.75) is 112 Å². The van der Waals surface area contributed by atoms with Crippen LogP contribution in [-0.2, 0) is 56.2 Å². The van der Waals surface area contributed by atoms with Crippen LogP contribution in [0.1, 0.15) is 110 Å². The normalized spacial score (nSPS) is 11.2. The lowest BCUT2D eigenvalue weighted by Gasteiger charge is -2.20. The van der Waals surface area contributed by atoms with Crippen molar-refractivity contribution in [3.8, 4) is 11.5 Å². The van der Waals surface area contributed by atoms with E-state index in [2.05, 4.69) is 61.9 Å². The molecule has 0 saturated heterocycles. The predicted octanol–water partition coefficient (Wildman–Crippen LogP) is 8.08. The number of carboxylic acid groups (broad SMARTS) is 1. The molecule has 0 aliphatic heterocycles. The van der Waals surface area contributed by atoms with E-state index in [0.717, 1.165) is 103 Å². The molecule has 2 N–H and O–H groups in total. The molecule has 0 aliphatic rings. The Morgan fingerprint density at radius 3 is 2.20 bits per heavy atom. The van der Waals surface area contributed by atoms with Gasteiger partial charge in [0.15, 0.2) is 0 Å². The van der Waals surface area contributed by atoms with Crippen LogP contribution in [0, 0.1) is 6.92 Å². The number of unbranched alkanes of at least 4 members (excludes halogenated alkanes) is 1. The van der Waals surface area contributed by atoms with Gasteiger partial charge in [0.2, 0.25) is 0 Å². The third-order valence-electron chi connectivity index (χ3n) is 8.39. The largest absolute Gasteiger partial charge is 0.481 e. The first-order valence-electron chi connectivity index (χ1n) is 16.9. The van der Waals surface area contributed by atoms with Crippen LogP contribution in [-0.4, -0.2) is 26.0 Å². The number of H-pyrrole nitrogens is 1. The summed E-state index contributed by atoms with van der Waals surface area (Å²) in [5.74, 6) is 1.24. The first kappa shape index (κ1) is 34.6. The van der Waals surface area contributed by atoms with Crippen molar-refractivity contribution in [3.05, 3.63) is 115 Å². The zero-order valence-corrected chi connectivity index (χ0v) is 28.2. The molecule has 0 fully saturated rings. The Hall–Kier alpha value is -4.26. The van der Waals surface area contributed by atoms with Gasteiger partial charge in [-0.05, 0) is 79.3 Å². The van der Waals surface area contributed by atoms with Crippen molar-refractivity contribution < 1.29 is 14.6 Å². The number of aromatic nitrogens is 3. The van der Waals surface area contributed by atoms with E-state index in [1.165, 1.54) is 5.56 Å². The number of nitrogens with one attached hydrogen (secondary N) is 1. The van der Waals surface area contributed by atoms with Crippen LogP contribution in [0.2, 0.25) is 0 Å². The number of rotatable bonds is 17. The smallest absolute Gasteiger partial charge is 0.307 e. The van der Waals surface area contributed by atoms with Gasteiger partial charge in [-0.1, -0.05) is 83.4 Å². The van der Waals surface area contributed by atoms with Gasteiger partial charge in [-0.2, -0.15) is 0 Å². The average Bonchev–Trinajstić information content (AvgIpc) is 3.03. The maximum absolute atomic E-state index is 13.6. The van der Waals surface area contributed by atoms with Gasteiger partial charge in [-0.25, -0.2) is 4.98 Å². The highest BCUT2D eigenvalue weighted by Gasteiger charge is 2.19. The fraction of sp³-hybridized carbons (Fsp3) is 0.436. The molecule has 244 valence electrons. The fourth-order valence-electron chi connectivity index (χ4n) is 5.94. The number of hydrogen-bond acceptors (Lipinski definition) is 5. The monoisotopic (exact) mass is 623 g/mol. The van der Waals surface area contributed by atoms with Crippen molar-refractivity contribution in [2.24, 2.45) is 0 Å². The molecular weight excluding hydrogens is 574 g/mol. The Bertz CT molecular complexity index is 1650. The second kappa shape index (κ2) is 16.9. The lowest BCUT2D eigenvalue weighted by atomic mass is 9.94. The third kappa shape index (κ3) is 9.15. The Morgan fingerprint density at radius 2 is 1.59 bits per heavy atom. The van der Waals surface area contributed by atoms with Crippen molar-refractivity contribution in [3.63, 3.8) is 0 Å². The van der Waals surface area contributed by atoms with Gasteiger partial charge in [0.1, 0.15) is 17.3 Å². The second-order valence-corrected chi connectivity index (χ2v) is 12.2. The Labute approximate surface area is 273 Å². The highest BCUT2D eigenvalue weighted by molar-refractivity contribution is 5.72. The standard InChI is InChI=1S/C39H49N3O4/c1-6-10-16-34-33(39(45)42-35(41-34)20-19-32-18-17-27(9-4)25-40-32)23-28-21-29(12-7-2)38(30(22-28)13-8-3)46-37-26(5)14-11-15-31(37)24-36(43)44/h11,14-15,17-18,21-22,25H,6-10,12-13,16,19-20,23-24H2,1-5H3,(H,43,44)(H,41,42,45). The predicted molar refractivity (Wildman–Crippen MR) is 184 cm³/mol. The minimum absolute atomic E-state index is 0.0713. The van der Waals surface area contributed by atoms with Gasteiger partial charge in [-0.15, -0.1) is 0 Å². The number of hydrogen-bond donors (Lipinski definition) is 2. The molecule has 2 aromatic heterocycles. The molecule has 0 saturated carbocycles. The molecule has 0 aliphatic carbocycles. The van der Waals surface area contributed by atoms with Crippen LogP contribution in [0.3, 0.4) is 0 Å². The minimum atomic E-state index is -0.889. The number of ether oxygens (including phenoxy) is 1. The number of aryl methyl sites for hydroxylation is 7. The molecule has 0 unspecified atom stereocenters. The molecule has 0 bridgehead atoms. The highest BCUT2D eigenvalue weighted by atomic mass is 16.5. The summed E-state index contributed by atoms with van der Waals surface area (Å²) in [7, 11) is 0. The van der Waals surface area contributed by atoms with Crippen molar-refractivity contribution >= 4 is 5.97 Å². The van der Waals surface area contributed by atoms with Crippen LogP contribution in [0.25, 0.3) is 0 Å². The number of benzene rings is 2. The van der Waals surface area contributed by atoms with Crippen LogP contribution >= 0.6 is 0 Å². The van der Waals surface area contributed by atoms with Crippen LogP contribution < -0.4 is 10.3 Å². The van der Waals surface area contributed by atoms with Crippen LogP contribution in [0.15, 0.2) is 53.5 Å². The van der Waals surface area contributed by atoms with Crippen molar-refractivity contribution in [1.82, 2.24) is 15.0 Å². The summed E-state index contributed by atoms with van der Waals surface area (Å²) in [4.78, 5) is 37.9. The van der Waals surface area contributed by atoms with Gasteiger partial charge < -0.3 is 14.8 Å². The summed E-state index contributed by atoms with van der Waals surface area (Å²) in [6.45, 7) is 10.5. The number of para-hydroxylation sites is 1. The third-order valence-corrected chi connectivity index (χ3v) is 8.39. The SMILES string of the molecule is CCCCc1nc(CCc2ccc(CC)cn2)[nH]c(=O)c1Cc1cc(CCC)c(Oc2c(C)cccc2CC(=O)O)c(CCC)c1. The summed E-state index contributed by atoms with van der Waals surface area (Å²) in [5, 5.41) is 9.53. The lowest BCUT2D eigenvalue weighted by molar-refractivity contribution is -0.136. The topological polar surface area (TPSA) is 105 Å². The Kier molecular flexibility index (Phi) is 12.7. The van der Waals surface area contributed by atoms with Crippen LogP contribution in [0.4, 0.5) is 0 Å². The number of aromatic amines is 1. The first-order valence-corrected chi connectivity index (χ1v) is 16.9. The second-order valence-electron chi connectivity index (χ2n) is 12.2. The molecule has 4 aromatic rings. The van der Waals surface area contributed by atoms with E-state index >= 15 is 0 Å². The zero-order chi connectivity index (χ0) is 33.1. The molecule has 0 spiro atoms. The van der Waals surface area contributed by atoms with Crippen LogP contribution in [0.5, 0.6) is 11.5 Å². The van der Waals surface area contributed by atoms with E-state index in [4.69, 9.17) is 9.72 Å². The summed E-state index contributed by atoms with van der Waals surface area (Å²) < 4.78 is 6.66. The lowest BCUT2D eigenvalue weighted by Crippen LogP contribution is -2.21. The van der Waals surface area contributed by atoms with Crippen molar-refractivity contribution in [2.75, 3.05) is 0 Å². The molecule has 2 aromatic carbocycles. The van der Waals surface area contributed by atoms with Gasteiger partial charge in [0.05, 0.1) is 12.1 Å². The summed E-state index contributed by atoms with van der Waals surface area (Å²) in [6, 6.07) is 14.1. The molecule has 46 heavy (non-hydrogen) atoms. The Morgan fingerprint density at radius 1 is 0.848 bits per heavy atom. The van der Waals surface area contributed by atoms with E-state index in [9.17, 15) is 14.7 Å². The summed E-state index contributed by atoms with van der Waals surface area (Å²) in [5.41, 5.74) is 8.51. The quantitative estimate of drug-likeness (QED) is 0.123. The molecule has 7 nitrogen and oxygen atoms in total. The van der Waals surface area contributed by atoms with Gasteiger partial charge in [0, 0.05) is 35.9 Å². The maximum Gasteiger partial charge on any atom is 0.307 e. The average molecular weight is 624 g/mol. The number of carboxylic acids is 1. The van der Waals surface area contributed by atoms with E-state index in [0.29, 0.717) is 30.0 Å². The molecule has 4 rings (SSSR count). The zero-order valence-electron chi connectivity index (χ0n) is 28.2. The highest BCUT2D eigenvalue weighted by Crippen LogP contribution is 2.37. The molecule has 7 heteroatoms. The molecular formula is C39H49N3O4. The molecule has 0 atom stereocenters. The number of pyridine rings is 1. The number of carbonyl (C=O) groups is 1. The first-order chi connectivity index (χ1) is 22.3. The maximum atomic E-state index is 13.6. The van der Waals surface area contributed by atoms with E-state index in [-0.39, 0.29) is 12.0 Å². The molecule has 2 heterocycles. The van der Waals surface area contributed by atoms with E-state index in [1.54, 1.807) is 0 Å². The Balaban J connectivity index is 1.69. The fourth-order valence-corrected chi connectivity index (χ4v) is 5.94.